The van der Waals surface area contributed by atoms with Crippen molar-refractivity contribution in [3.8, 4) is 11.5 Å². The van der Waals surface area contributed by atoms with Gasteiger partial charge >= 0.3 is 5.97 Å². The van der Waals surface area contributed by atoms with Crippen LogP contribution in [0, 0.1) is 3.57 Å². The summed E-state index contributed by atoms with van der Waals surface area (Å²) in [5, 5.41) is 1.15. The smallest absolute Gasteiger partial charge is 0.338 e. The van der Waals surface area contributed by atoms with Crippen molar-refractivity contribution in [2.75, 3.05) is 13.7 Å². The summed E-state index contributed by atoms with van der Waals surface area (Å²) in [5.41, 5.74) is 3.45. The predicted octanol–water partition coefficient (Wildman–Crippen LogP) is 7.43. The lowest BCUT2D eigenvalue weighted by molar-refractivity contribution is -0.138. The first-order valence-electron chi connectivity index (χ1n) is 14.6. The Morgan fingerprint density at radius 2 is 1.74 bits per heavy atom. The van der Waals surface area contributed by atoms with Crippen LogP contribution in [0.15, 0.2) is 106 Å². The number of carbonyl (C=O) groups is 1. The van der Waals surface area contributed by atoms with Gasteiger partial charge in [0.15, 0.2) is 16.3 Å². The van der Waals surface area contributed by atoms with Gasteiger partial charge in [-0.05, 0) is 77.0 Å². The van der Waals surface area contributed by atoms with Crippen LogP contribution in [0.4, 0.5) is 0 Å². The van der Waals surface area contributed by atoms with Crippen molar-refractivity contribution < 1.29 is 19.0 Å². The Morgan fingerprint density at radius 1 is 1.02 bits per heavy atom. The van der Waals surface area contributed by atoms with Crippen LogP contribution in [0.2, 0.25) is 10.0 Å². The highest BCUT2D eigenvalue weighted by Gasteiger charge is 2.35. The second-order valence-corrected chi connectivity index (χ2v) is 13.4. The molecule has 6 rings (SSSR count). The molecule has 0 unspecified atom stereocenters. The molecule has 0 saturated carbocycles. The molecule has 0 saturated heterocycles. The van der Waals surface area contributed by atoms with Crippen LogP contribution in [0.3, 0.4) is 0 Å². The number of hydrogen-bond donors (Lipinski definition) is 0. The van der Waals surface area contributed by atoms with Gasteiger partial charge in [-0.15, -0.1) is 0 Å². The van der Waals surface area contributed by atoms with Crippen molar-refractivity contribution in [1.29, 1.82) is 0 Å². The summed E-state index contributed by atoms with van der Waals surface area (Å²) < 4.78 is 20.1. The molecule has 0 aliphatic carbocycles. The molecule has 0 N–H and O–H groups in total. The second kappa shape index (κ2) is 14.5. The number of esters is 1. The van der Waals surface area contributed by atoms with E-state index in [4.69, 9.17) is 42.4 Å². The van der Waals surface area contributed by atoms with E-state index in [2.05, 4.69) is 22.6 Å². The molecule has 1 aliphatic heterocycles. The first-order valence-corrected chi connectivity index (χ1v) is 17.2. The summed E-state index contributed by atoms with van der Waals surface area (Å²) in [6.45, 7) is 2.18. The average Bonchev–Trinajstić information content (AvgIpc) is 3.38. The highest BCUT2D eigenvalue weighted by atomic mass is 127. The van der Waals surface area contributed by atoms with Gasteiger partial charge in [0.2, 0.25) is 0 Å². The maximum atomic E-state index is 14.2. The van der Waals surface area contributed by atoms with E-state index in [9.17, 15) is 9.59 Å². The van der Waals surface area contributed by atoms with Crippen LogP contribution < -0.4 is 24.4 Å². The van der Waals surface area contributed by atoms with Gasteiger partial charge in [0, 0.05) is 21.2 Å². The molecule has 0 spiro atoms. The molecular formula is C36H27Cl2IN2O5S. The lowest BCUT2D eigenvalue weighted by atomic mass is 9.93. The molecule has 7 nitrogen and oxygen atoms in total. The van der Waals surface area contributed by atoms with E-state index in [-0.39, 0.29) is 24.3 Å². The lowest BCUT2D eigenvalue weighted by Gasteiger charge is -2.25. The third kappa shape index (κ3) is 6.89. The van der Waals surface area contributed by atoms with Gasteiger partial charge in [0.05, 0.1) is 39.1 Å². The van der Waals surface area contributed by atoms with E-state index in [1.807, 2.05) is 78.9 Å². The number of thiazole rings is 1. The number of hydrogen-bond acceptors (Lipinski definition) is 7. The number of benzene rings is 4. The second-order valence-electron chi connectivity index (χ2n) is 10.4. The van der Waals surface area contributed by atoms with Crippen molar-refractivity contribution in [3.63, 3.8) is 0 Å². The maximum Gasteiger partial charge on any atom is 0.338 e. The number of rotatable bonds is 9. The quantitative estimate of drug-likeness (QED) is 0.115. The Hall–Kier alpha value is -3.90. The molecule has 238 valence electrons. The van der Waals surface area contributed by atoms with Crippen LogP contribution in [-0.4, -0.2) is 24.3 Å². The zero-order valence-electron chi connectivity index (χ0n) is 25.2. The van der Waals surface area contributed by atoms with Crippen LogP contribution in [0.25, 0.3) is 11.8 Å². The molecule has 4 aromatic carbocycles. The van der Waals surface area contributed by atoms with E-state index in [0.717, 1.165) is 20.3 Å². The molecule has 11 heteroatoms. The molecule has 0 fully saturated rings. The highest BCUT2D eigenvalue weighted by Crippen LogP contribution is 2.37. The Balaban J connectivity index is 1.49. The van der Waals surface area contributed by atoms with Crippen LogP contribution in [-0.2, 0) is 16.1 Å². The van der Waals surface area contributed by atoms with E-state index in [1.54, 1.807) is 36.8 Å². The van der Waals surface area contributed by atoms with E-state index in [0.29, 0.717) is 42.1 Å². The van der Waals surface area contributed by atoms with Crippen molar-refractivity contribution >= 4 is 74.9 Å². The molecule has 1 aromatic heterocycles. The Kier molecular flexibility index (Phi) is 10.2. The van der Waals surface area contributed by atoms with Crippen LogP contribution >= 0.6 is 57.1 Å². The fraction of sp³-hybridized carbons (Fsp3) is 0.139. The van der Waals surface area contributed by atoms with Crippen LogP contribution in [0.1, 0.15) is 35.2 Å². The normalized spacial score (nSPS) is 14.4. The Bertz CT molecular complexity index is 2180. The standard InChI is InChI=1S/C36H27Cl2IN2O5S/c1-3-45-35(43)30-31(22-9-5-4-6-10-22)40-36-41(32(30)23-13-15-25(37)16-14-23)34(42)29(47-36)19-21-17-27(39)33(28(18-21)44-2)46-20-24-11-7-8-12-26(24)38/h4-19,32H,3,20H2,1-2H3/b29-19-/t32-/m1/s1. The highest BCUT2D eigenvalue weighted by molar-refractivity contribution is 14.1. The molecular weight excluding hydrogens is 770 g/mol. The Morgan fingerprint density at radius 3 is 2.45 bits per heavy atom. The van der Waals surface area contributed by atoms with Gasteiger partial charge in [-0.25, -0.2) is 9.79 Å². The number of fused-ring (bicyclic) bond motifs is 1. The van der Waals surface area contributed by atoms with Crippen molar-refractivity contribution in [2.45, 2.75) is 19.6 Å². The lowest BCUT2D eigenvalue weighted by Crippen LogP contribution is -2.40. The molecule has 5 aromatic rings. The first kappa shape index (κ1) is 33.0. The summed E-state index contributed by atoms with van der Waals surface area (Å²) in [7, 11) is 1.57. The van der Waals surface area contributed by atoms with Gasteiger partial charge in [-0.2, -0.15) is 0 Å². The fourth-order valence-corrected chi connectivity index (χ4v) is 7.38. The molecule has 0 radical (unpaired) electrons. The number of ether oxygens (including phenoxy) is 3. The molecule has 47 heavy (non-hydrogen) atoms. The first-order chi connectivity index (χ1) is 22.8. The number of carbonyl (C=O) groups excluding carboxylic acids is 1. The monoisotopic (exact) mass is 796 g/mol. The summed E-state index contributed by atoms with van der Waals surface area (Å²) in [6, 6.07) is 27.0. The predicted molar refractivity (Wildman–Crippen MR) is 194 cm³/mol. The summed E-state index contributed by atoms with van der Waals surface area (Å²) in [5.74, 6) is 0.537. The number of halogens is 3. The number of aromatic nitrogens is 1. The van der Waals surface area contributed by atoms with Gasteiger partial charge in [-0.1, -0.05) is 95.2 Å². The third-order valence-corrected chi connectivity index (χ3v) is 9.84. The van der Waals surface area contributed by atoms with Gasteiger partial charge in [-0.3, -0.25) is 9.36 Å². The van der Waals surface area contributed by atoms with Crippen molar-refractivity contribution in [1.82, 2.24) is 4.57 Å². The number of nitrogens with zero attached hydrogens (tertiary/aromatic N) is 2. The van der Waals surface area contributed by atoms with E-state index < -0.39 is 12.0 Å². The SMILES string of the molecule is CCOC(=O)C1=C(c2ccccc2)N=c2s/c(=C\c3cc(I)c(OCc4ccccc4Cl)c(OC)c3)c(=O)n2[C@@H]1c1ccc(Cl)cc1. The minimum absolute atomic E-state index is 0.167. The largest absolute Gasteiger partial charge is 0.493 e. The maximum absolute atomic E-state index is 14.2. The van der Waals surface area contributed by atoms with Gasteiger partial charge in [0.25, 0.3) is 5.56 Å². The minimum Gasteiger partial charge on any atom is -0.493 e. The van der Waals surface area contributed by atoms with Gasteiger partial charge in [0.1, 0.15) is 6.61 Å². The van der Waals surface area contributed by atoms with Crippen molar-refractivity contribution in [3.05, 3.63) is 152 Å². The van der Waals surface area contributed by atoms with Crippen LogP contribution in [0.5, 0.6) is 11.5 Å². The minimum atomic E-state index is -0.796. The molecule has 2 heterocycles. The topological polar surface area (TPSA) is 79.1 Å². The summed E-state index contributed by atoms with van der Waals surface area (Å²) >= 11 is 16.0. The third-order valence-electron chi connectivity index (χ3n) is 7.44. The van der Waals surface area contributed by atoms with E-state index >= 15 is 0 Å². The molecule has 0 amide bonds. The fourth-order valence-electron chi connectivity index (χ4n) is 5.28. The summed E-state index contributed by atoms with van der Waals surface area (Å²) in [4.78, 5) is 33.2. The zero-order valence-corrected chi connectivity index (χ0v) is 29.7. The molecule has 0 bridgehead atoms. The number of methoxy groups -OCH3 is 1. The van der Waals surface area contributed by atoms with E-state index in [1.165, 1.54) is 11.3 Å². The van der Waals surface area contributed by atoms with Crippen molar-refractivity contribution in [2.24, 2.45) is 4.99 Å². The zero-order chi connectivity index (χ0) is 33.1. The average molecular weight is 797 g/mol. The Labute approximate surface area is 298 Å². The van der Waals surface area contributed by atoms with Gasteiger partial charge < -0.3 is 14.2 Å². The summed E-state index contributed by atoms with van der Waals surface area (Å²) in [6.07, 6.45) is 1.79. The molecule has 1 atom stereocenters. The molecule has 1 aliphatic rings.